The van der Waals surface area contributed by atoms with Crippen LogP contribution in [-0.4, -0.2) is 79.7 Å². The fourth-order valence-corrected chi connectivity index (χ4v) is 2.77. The molecule has 0 aliphatic heterocycles. The van der Waals surface area contributed by atoms with Gasteiger partial charge < -0.3 is 40.3 Å². The van der Waals surface area contributed by atoms with E-state index in [1.165, 1.54) is 12.3 Å². The molecule has 1 heterocycles. The van der Waals surface area contributed by atoms with Gasteiger partial charge in [0.15, 0.2) is 17.5 Å². The lowest BCUT2D eigenvalue weighted by Crippen LogP contribution is -2.44. The standard InChI is InChI=1S/C20H21ClN2O10/c1-9(24)16(18(28)29)33-20(19(30)31)32-13-6-11(10-3-2-4-12(21)5-10)7-22-15(13)17(27)23-8-14(25)26/h2-7,9,16,19-20,24,30-31H,8H2,1H3,(H,23,27)(H,25,26)(H,28,29)/t9-,16?,20?/m0/s1. The smallest absolute Gasteiger partial charge is 0.335 e. The highest BCUT2D eigenvalue weighted by molar-refractivity contribution is 6.30. The molecule has 0 saturated carbocycles. The number of aliphatic hydroxyl groups is 3. The number of ether oxygens (including phenoxy) is 2. The molecule has 6 N–H and O–H groups in total. The van der Waals surface area contributed by atoms with E-state index in [9.17, 15) is 34.8 Å². The van der Waals surface area contributed by atoms with Gasteiger partial charge in [-0.2, -0.15) is 0 Å². The van der Waals surface area contributed by atoms with E-state index in [0.29, 0.717) is 16.1 Å². The maximum Gasteiger partial charge on any atom is 0.335 e. The average molecular weight is 485 g/mol. The Labute approximate surface area is 192 Å². The maximum absolute atomic E-state index is 12.4. The number of amides is 1. The third-order valence-electron chi connectivity index (χ3n) is 4.07. The number of aliphatic hydroxyl groups excluding tert-OH is 2. The Balaban J connectivity index is 2.47. The number of halogens is 1. The molecule has 1 aromatic carbocycles. The van der Waals surface area contributed by atoms with Crippen molar-refractivity contribution in [2.45, 2.75) is 31.7 Å². The second-order valence-corrected chi connectivity index (χ2v) is 7.13. The molecule has 2 aromatic rings. The van der Waals surface area contributed by atoms with Crippen LogP contribution in [0.2, 0.25) is 5.02 Å². The monoisotopic (exact) mass is 484 g/mol. The lowest BCUT2D eigenvalue weighted by Gasteiger charge is -2.26. The van der Waals surface area contributed by atoms with Gasteiger partial charge in [0.2, 0.25) is 6.29 Å². The van der Waals surface area contributed by atoms with Gasteiger partial charge in [0, 0.05) is 16.8 Å². The first kappa shape index (κ1) is 26.0. The molecule has 0 aliphatic rings. The number of pyridine rings is 1. The second-order valence-electron chi connectivity index (χ2n) is 6.69. The van der Waals surface area contributed by atoms with E-state index < -0.39 is 54.9 Å². The SMILES string of the molecule is C[C@H](O)C(OC(Oc1cc(-c2cccc(Cl)c2)cnc1C(=O)NCC(=O)O)C(O)O)C(=O)O. The van der Waals surface area contributed by atoms with Gasteiger partial charge in [0.1, 0.15) is 6.54 Å². The zero-order valence-electron chi connectivity index (χ0n) is 17.1. The van der Waals surface area contributed by atoms with Crippen molar-refractivity contribution in [3.8, 4) is 16.9 Å². The Morgan fingerprint density at radius 2 is 1.82 bits per heavy atom. The number of aromatic nitrogens is 1. The van der Waals surface area contributed by atoms with Crippen molar-refractivity contribution in [2.24, 2.45) is 0 Å². The number of carboxylic acids is 2. The van der Waals surface area contributed by atoms with E-state index in [4.69, 9.17) is 26.2 Å². The zero-order chi connectivity index (χ0) is 24.7. The quantitative estimate of drug-likeness (QED) is 0.236. The number of nitrogens with zero attached hydrogens (tertiary/aromatic N) is 1. The van der Waals surface area contributed by atoms with Crippen LogP contribution in [0, 0.1) is 0 Å². The molecular weight excluding hydrogens is 464 g/mol. The van der Waals surface area contributed by atoms with Gasteiger partial charge in [-0.05, 0) is 30.7 Å². The van der Waals surface area contributed by atoms with Gasteiger partial charge in [-0.25, -0.2) is 9.78 Å². The van der Waals surface area contributed by atoms with Crippen LogP contribution in [0.1, 0.15) is 17.4 Å². The van der Waals surface area contributed by atoms with Crippen molar-refractivity contribution in [2.75, 3.05) is 6.54 Å². The van der Waals surface area contributed by atoms with E-state index in [2.05, 4.69) is 10.3 Å². The fourth-order valence-electron chi connectivity index (χ4n) is 2.58. The molecule has 1 aromatic heterocycles. The van der Waals surface area contributed by atoms with Crippen LogP contribution < -0.4 is 10.1 Å². The van der Waals surface area contributed by atoms with Crippen LogP contribution in [0.4, 0.5) is 0 Å². The number of benzene rings is 1. The van der Waals surface area contributed by atoms with Gasteiger partial charge in [-0.1, -0.05) is 23.7 Å². The first-order chi connectivity index (χ1) is 15.5. The lowest BCUT2D eigenvalue weighted by atomic mass is 10.1. The van der Waals surface area contributed by atoms with Crippen molar-refractivity contribution in [3.05, 3.63) is 47.2 Å². The van der Waals surface area contributed by atoms with Crippen LogP contribution in [0.3, 0.4) is 0 Å². The summed E-state index contributed by atoms with van der Waals surface area (Å²) >= 11 is 5.99. The molecule has 0 aliphatic carbocycles. The number of rotatable bonds is 11. The third-order valence-corrected chi connectivity index (χ3v) is 4.31. The minimum absolute atomic E-state index is 0.374. The molecule has 0 fully saturated rings. The highest BCUT2D eigenvalue weighted by Crippen LogP contribution is 2.29. The molecule has 12 nitrogen and oxygen atoms in total. The summed E-state index contributed by atoms with van der Waals surface area (Å²) in [6.45, 7) is 0.368. The molecule has 2 unspecified atom stereocenters. The summed E-state index contributed by atoms with van der Waals surface area (Å²) in [6, 6.07) is 7.78. The fraction of sp³-hybridized carbons (Fsp3) is 0.300. The van der Waals surface area contributed by atoms with Gasteiger partial charge in [-0.3, -0.25) is 9.59 Å². The number of carbonyl (C=O) groups excluding carboxylic acids is 1. The second kappa shape index (κ2) is 11.5. The first-order valence-corrected chi connectivity index (χ1v) is 9.72. The van der Waals surface area contributed by atoms with Crippen LogP contribution >= 0.6 is 11.6 Å². The first-order valence-electron chi connectivity index (χ1n) is 9.34. The van der Waals surface area contributed by atoms with Crippen molar-refractivity contribution in [1.82, 2.24) is 10.3 Å². The van der Waals surface area contributed by atoms with Crippen molar-refractivity contribution in [3.63, 3.8) is 0 Å². The Hall–Kier alpha value is -3.29. The summed E-state index contributed by atoms with van der Waals surface area (Å²) in [6.07, 6.45) is -6.64. The van der Waals surface area contributed by atoms with E-state index in [0.717, 1.165) is 6.92 Å². The number of carbonyl (C=O) groups is 3. The predicted octanol–water partition coefficient (Wildman–Crippen LogP) is 0.0826. The van der Waals surface area contributed by atoms with E-state index in [1.807, 2.05) is 0 Å². The maximum atomic E-state index is 12.4. The molecule has 0 bridgehead atoms. The Kier molecular flexibility index (Phi) is 9.08. The number of hydrogen-bond donors (Lipinski definition) is 6. The topological polar surface area (TPSA) is 196 Å². The summed E-state index contributed by atoms with van der Waals surface area (Å²) in [5, 5.41) is 49.3. The van der Waals surface area contributed by atoms with E-state index >= 15 is 0 Å². The number of carboxylic acid groups (broad SMARTS) is 2. The molecular formula is C20H21ClN2O10. The Morgan fingerprint density at radius 1 is 1.12 bits per heavy atom. The minimum atomic E-state index is -2.39. The average Bonchev–Trinajstić information content (AvgIpc) is 2.73. The summed E-state index contributed by atoms with van der Waals surface area (Å²) in [5.41, 5.74) is 0.478. The largest absolute Gasteiger partial charge is 0.480 e. The molecule has 33 heavy (non-hydrogen) atoms. The molecule has 3 atom stereocenters. The van der Waals surface area contributed by atoms with Crippen LogP contribution in [0.15, 0.2) is 36.5 Å². The van der Waals surface area contributed by atoms with E-state index in [-0.39, 0.29) is 5.75 Å². The highest BCUT2D eigenvalue weighted by Gasteiger charge is 2.33. The normalized spacial score (nSPS) is 13.8. The van der Waals surface area contributed by atoms with Crippen LogP contribution in [0.5, 0.6) is 5.75 Å². The molecule has 13 heteroatoms. The van der Waals surface area contributed by atoms with Crippen molar-refractivity contribution >= 4 is 29.4 Å². The predicted molar refractivity (Wildman–Crippen MR) is 111 cm³/mol. The summed E-state index contributed by atoms with van der Waals surface area (Å²) in [4.78, 5) is 38.5. The van der Waals surface area contributed by atoms with Crippen LogP contribution in [0.25, 0.3) is 11.1 Å². The summed E-state index contributed by atoms with van der Waals surface area (Å²) in [5.74, 6) is -4.29. The summed E-state index contributed by atoms with van der Waals surface area (Å²) in [7, 11) is 0. The Morgan fingerprint density at radius 3 is 2.36 bits per heavy atom. The van der Waals surface area contributed by atoms with Gasteiger partial charge >= 0.3 is 11.9 Å². The number of nitrogens with one attached hydrogen (secondary N) is 1. The lowest BCUT2D eigenvalue weighted by molar-refractivity contribution is -0.247. The van der Waals surface area contributed by atoms with Crippen LogP contribution in [-0.2, 0) is 14.3 Å². The summed E-state index contributed by atoms with van der Waals surface area (Å²) < 4.78 is 10.3. The van der Waals surface area contributed by atoms with Crippen molar-refractivity contribution in [1.29, 1.82) is 0 Å². The molecule has 2 rings (SSSR count). The van der Waals surface area contributed by atoms with Gasteiger partial charge in [0.05, 0.1) is 6.10 Å². The minimum Gasteiger partial charge on any atom is -0.480 e. The molecule has 0 spiro atoms. The molecule has 1 amide bonds. The molecule has 0 radical (unpaired) electrons. The highest BCUT2D eigenvalue weighted by atomic mass is 35.5. The van der Waals surface area contributed by atoms with Crippen molar-refractivity contribution < 1.29 is 49.4 Å². The Bertz CT molecular complexity index is 1010. The van der Waals surface area contributed by atoms with E-state index in [1.54, 1.807) is 24.3 Å². The number of hydrogen-bond acceptors (Lipinski definition) is 9. The number of aliphatic carboxylic acids is 2. The molecule has 178 valence electrons. The third kappa shape index (κ3) is 7.37. The zero-order valence-corrected chi connectivity index (χ0v) is 17.8. The van der Waals surface area contributed by atoms with Gasteiger partial charge in [0.25, 0.3) is 12.2 Å². The molecule has 0 saturated heterocycles. The van der Waals surface area contributed by atoms with Gasteiger partial charge in [-0.15, -0.1) is 0 Å².